The Morgan fingerprint density at radius 1 is 1.30 bits per heavy atom. The van der Waals surface area contributed by atoms with E-state index in [1.54, 1.807) is 0 Å². The Balaban J connectivity index is 1.63. The van der Waals surface area contributed by atoms with Gasteiger partial charge in [0.1, 0.15) is 0 Å². The van der Waals surface area contributed by atoms with E-state index in [1.165, 1.54) is 25.7 Å². The van der Waals surface area contributed by atoms with Crippen molar-refractivity contribution in [2.75, 3.05) is 13.2 Å². The molecular formula is C16H28N2O2. The van der Waals surface area contributed by atoms with E-state index in [4.69, 9.17) is 4.74 Å². The van der Waals surface area contributed by atoms with Crippen molar-refractivity contribution in [1.29, 1.82) is 0 Å². The number of amides is 1. The fraction of sp³-hybridized carbons (Fsp3) is 0.938. The predicted molar refractivity (Wildman–Crippen MR) is 78.5 cm³/mol. The van der Waals surface area contributed by atoms with Crippen LogP contribution >= 0.6 is 0 Å². The Kier molecular flexibility index (Phi) is 4.32. The lowest BCUT2D eigenvalue weighted by Crippen LogP contribution is -2.65. The molecule has 1 spiro atoms. The van der Waals surface area contributed by atoms with Gasteiger partial charge in [-0.15, -0.1) is 0 Å². The maximum Gasteiger partial charge on any atom is 0.237 e. The molecule has 114 valence electrons. The molecule has 1 amide bonds. The minimum absolute atomic E-state index is 0.0163. The molecule has 0 aromatic carbocycles. The fourth-order valence-corrected chi connectivity index (χ4v) is 4.46. The molecule has 1 heterocycles. The molecule has 3 atom stereocenters. The van der Waals surface area contributed by atoms with Gasteiger partial charge in [-0.2, -0.15) is 0 Å². The first-order valence-corrected chi connectivity index (χ1v) is 8.41. The number of ether oxygens (including phenoxy) is 1. The topological polar surface area (TPSA) is 50.4 Å². The zero-order valence-electron chi connectivity index (χ0n) is 12.6. The molecular weight excluding hydrogens is 252 g/mol. The first-order valence-electron chi connectivity index (χ1n) is 8.41. The van der Waals surface area contributed by atoms with Gasteiger partial charge in [0.05, 0.1) is 12.1 Å². The van der Waals surface area contributed by atoms with Gasteiger partial charge < -0.3 is 15.4 Å². The molecule has 1 aliphatic heterocycles. The van der Waals surface area contributed by atoms with Gasteiger partial charge in [-0.25, -0.2) is 0 Å². The van der Waals surface area contributed by atoms with Crippen molar-refractivity contribution in [2.24, 2.45) is 5.41 Å². The summed E-state index contributed by atoms with van der Waals surface area (Å²) >= 11 is 0. The summed E-state index contributed by atoms with van der Waals surface area (Å²) in [6.07, 6.45) is 9.91. The van der Waals surface area contributed by atoms with Crippen LogP contribution in [-0.2, 0) is 9.53 Å². The van der Waals surface area contributed by atoms with Gasteiger partial charge in [-0.3, -0.25) is 4.79 Å². The van der Waals surface area contributed by atoms with Crippen molar-refractivity contribution in [1.82, 2.24) is 10.6 Å². The Bertz CT molecular complexity index is 352. The van der Waals surface area contributed by atoms with Gasteiger partial charge in [0.2, 0.25) is 5.91 Å². The van der Waals surface area contributed by atoms with Gasteiger partial charge in [-0.1, -0.05) is 12.8 Å². The lowest BCUT2D eigenvalue weighted by atomic mass is 9.60. The number of carbonyl (C=O) groups is 1. The Morgan fingerprint density at radius 3 is 2.85 bits per heavy atom. The van der Waals surface area contributed by atoms with Gasteiger partial charge in [0.15, 0.2) is 0 Å². The molecule has 2 aliphatic carbocycles. The molecule has 1 saturated heterocycles. The Labute approximate surface area is 122 Å². The minimum Gasteiger partial charge on any atom is -0.378 e. The molecule has 0 aromatic rings. The third-order valence-corrected chi connectivity index (χ3v) is 5.62. The van der Waals surface area contributed by atoms with Crippen LogP contribution in [0.5, 0.6) is 0 Å². The predicted octanol–water partition coefficient (Wildman–Crippen LogP) is 1.98. The minimum atomic E-state index is 0.0163. The van der Waals surface area contributed by atoms with Crippen molar-refractivity contribution in [3.63, 3.8) is 0 Å². The molecule has 2 saturated carbocycles. The highest BCUT2D eigenvalue weighted by Gasteiger charge is 2.57. The molecule has 3 rings (SSSR count). The second-order valence-electron chi connectivity index (χ2n) is 6.68. The normalized spacial score (nSPS) is 36.5. The lowest BCUT2D eigenvalue weighted by Gasteiger charge is -2.55. The largest absolute Gasteiger partial charge is 0.378 e. The quantitative estimate of drug-likeness (QED) is 0.828. The molecule has 0 aromatic heterocycles. The summed E-state index contributed by atoms with van der Waals surface area (Å²) in [6, 6.07) is 0.498. The van der Waals surface area contributed by atoms with Crippen molar-refractivity contribution in [3.8, 4) is 0 Å². The van der Waals surface area contributed by atoms with Crippen LogP contribution in [0.1, 0.15) is 58.3 Å². The molecule has 0 radical (unpaired) electrons. The highest BCUT2D eigenvalue weighted by atomic mass is 16.5. The zero-order valence-corrected chi connectivity index (χ0v) is 12.6. The van der Waals surface area contributed by atoms with Crippen molar-refractivity contribution < 1.29 is 9.53 Å². The van der Waals surface area contributed by atoms with E-state index in [1.807, 2.05) is 0 Å². The molecule has 4 heteroatoms. The van der Waals surface area contributed by atoms with Gasteiger partial charge in [0.25, 0.3) is 0 Å². The summed E-state index contributed by atoms with van der Waals surface area (Å²) < 4.78 is 5.95. The summed E-state index contributed by atoms with van der Waals surface area (Å²) in [5, 5.41) is 6.71. The molecule has 20 heavy (non-hydrogen) atoms. The highest BCUT2D eigenvalue weighted by molar-refractivity contribution is 5.82. The molecule has 2 N–H and O–H groups in total. The van der Waals surface area contributed by atoms with Crippen molar-refractivity contribution in [3.05, 3.63) is 0 Å². The first kappa shape index (κ1) is 14.3. The van der Waals surface area contributed by atoms with Gasteiger partial charge in [-0.05, 0) is 45.4 Å². The average Bonchev–Trinajstić information content (AvgIpc) is 2.88. The third kappa shape index (κ3) is 2.48. The summed E-state index contributed by atoms with van der Waals surface area (Å²) in [7, 11) is 0. The van der Waals surface area contributed by atoms with E-state index < -0.39 is 0 Å². The van der Waals surface area contributed by atoms with E-state index in [2.05, 4.69) is 17.6 Å². The van der Waals surface area contributed by atoms with Crippen molar-refractivity contribution >= 4 is 5.91 Å². The average molecular weight is 280 g/mol. The smallest absolute Gasteiger partial charge is 0.237 e. The number of hydrogen-bond acceptors (Lipinski definition) is 3. The second-order valence-corrected chi connectivity index (χ2v) is 6.68. The second kappa shape index (κ2) is 6.02. The van der Waals surface area contributed by atoms with Crippen LogP contribution in [0.3, 0.4) is 0 Å². The number of nitrogens with one attached hydrogen (secondary N) is 2. The van der Waals surface area contributed by atoms with Crippen LogP contribution in [-0.4, -0.2) is 37.2 Å². The summed E-state index contributed by atoms with van der Waals surface area (Å²) in [5.74, 6) is 0.204. The van der Waals surface area contributed by atoms with Crippen molar-refractivity contribution in [2.45, 2.75) is 76.5 Å². The lowest BCUT2D eigenvalue weighted by molar-refractivity contribution is -0.139. The standard InChI is InChI=1S/C16H28N2O2/c1-2-20-14-11-13(16(14)8-4-5-9-16)18-12-7-3-6-10-17-15(12)19/h12-14,18H,2-11H2,1H3,(H,17,19). The monoisotopic (exact) mass is 280 g/mol. The molecule has 4 nitrogen and oxygen atoms in total. The van der Waals surface area contributed by atoms with Crippen LogP contribution in [0.4, 0.5) is 0 Å². The maximum atomic E-state index is 12.1. The summed E-state index contributed by atoms with van der Waals surface area (Å²) in [5.41, 5.74) is 0.322. The van der Waals surface area contributed by atoms with E-state index in [0.717, 1.165) is 38.8 Å². The zero-order chi connectivity index (χ0) is 14.0. The van der Waals surface area contributed by atoms with E-state index in [0.29, 0.717) is 17.6 Å². The molecule has 0 bridgehead atoms. The first-order chi connectivity index (χ1) is 9.76. The summed E-state index contributed by atoms with van der Waals surface area (Å²) in [6.45, 7) is 3.74. The Hall–Kier alpha value is -0.610. The van der Waals surface area contributed by atoms with E-state index in [9.17, 15) is 4.79 Å². The van der Waals surface area contributed by atoms with Crippen LogP contribution in [0.2, 0.25) is 0 Å². The van der Waals surface area contributed by atoms with Crippen LogP contribution in [0.15, 0.2) is 0 Å². The number of hydrogen-bond donors (Lipinski definition) is 2. The molecule has 3 aliphatic rings. The van der Waals surface area contributed by atoms with Crippen LogP contribution in [0, 0.1) is 5.41 Å². The molecule has 3 fully saturated rings. The van der Waals surface area contributed by atoms with E-state index >= 15 is 0 Å². The SMILES string of the molecule is CCOC1CC(NC2CCCCNC2=O)C12CCCC2. The van der Waals surface area contributed by atoms with E-state index in [-0.39, 0.29) is 11.9 Å². The third-order valence-electron chi connectivity index (χ3n) is 5.62. The maximum absolute atomic E-state index is 12.1. The fourth-order valence-electron chi connectivity index (χ4n) is 4.46. The number of rotatable bonds is 4. The number of carbonyl (C=O) groups excluding carboxylic acids is 1. The van der Waals surface area contributed by atoms with Gasteiger partial charge in [0, 0.05) is 24.6 Å². The Morgan fingerprint density at radius 2 is 2.10 bits per heavy atom. The van der Waals surface area contributed by atoms with Crippen LogP contribution < -0.4 is 10.6 Å². The highest BCUT2D eigenvalue weighted by Crippen LogP contribution is 2.54. The molecule has 3 unspecified atom stereocenters. The summed E-state index contributed by atoms with van der Waals surface area (Å²) in [4.78, 5) is 12.1. The van der Waals surface area contributed by atoms with Crippen LogP contribution in [0.25, 0.3) is 0 Å². The van der Waals surface area contributed by atoms with Gasteiger partial charge >= 0.3 is 0 Å².